The Hall–Kier alpha value is -2.75. The largest absolute Gasteiger partial charge is 0.347 e. The van der Waals surface area contributed by atoms with Crippen molar-refractivity contribution in [2.75, 3.05) is 39.3 Å². The highest BCUT2D eigenvalue weighted by molar-refractivity contribution is 7.89. The van der Waals surface area contributed by atoms with Gasteiger partial charge in [-0.15, -0.1) is 0 Å². The van der Waals surface area contributed by atoms with E-state index in [-0.39, 0.29) is 0 Å². The minimum absolute atomic E-state index is 0.296. The van der Waals surface area contributed by atoms with E-state index < -0.39 is 21.8 Å². The molecule has 1 heterocycles. The van der Waals surface area contributed by atoms with Gasteiger partial charge in [-0.3, -0.25) is 14.5 Å². The zero-order valence-corrected chi connectivity index (χ0v) is 18.4. The van der Waals surface area contributed by atoms with Gasteiger partial charge >= 0.3 is 11.8 Å². The van der Waals surface area contributed by atoms with Crippen molar-refractivity contribution in [1.29, 1.82) is 0 Å². The molecule has 1 aliphatic rings. The van der Waals surface area contributed by atoms with Crippen LogP contribution in [0.5, 0.6) is 0 Å². The molecule has 0 radical (unpaired) electrons. The molecule has 166 valence electrons. The molecule has 2 N–H and O–H groups in total. The Morgan fingerprint density at radius 2 is 1.48 bits per heavy atom. The van der Waals surface area contributed by atoms with E-state index in [0.29, 0.717) is 50.7 Å². The third-order valence-corrected chi connectivity index (χ3v) is 7.12. The van der Waals surface area contributed by atoms with E-state index in [9.17, 15) is 18.0 Å². The number of sulfonamides is 1. The smallest absolute Gasteiger partial charge is 0.309 e. The number of hydrogen-bond donors (Lipinski definition) is 2. The summed E-state index contributed by atoms with van der Waals surface area (Å²) in [7, 11) is -3.48. The summed E-state index contributed by atoms with van der Waals surface area (Å²) in [5, 5.41) is 5.22. The van der Waals surface area contributed by atoms with Crippen LogP contribution in [0.4, 0.5) is 0 Å². The Bertz CT molecular complexity index is 986. The first-order valence-corrected chi connectivity index (χ1v) is 11.7. The molecular formula is C22H28N4O4S. The Balaban J connectivity index is 1.36. The third-order valence-electron chi connectivity index (χ3n) is 5.21. The number of aryl methyl sites for hydroxylation is 1. The molecule has 0 spiro atoms. The van der Waals surface area contributed by atoms with Gasteiger partial charge in [0.25, 0.3) is 0 Å². The molecule has 9 heteroatoms. The first kappa shape index (κ1) is 22.9. The average molecular weight is 445 g/mol. The zero-order chi connectivity index (χ0) is 22.3. The summed E-state index contributed by atoms with van der Waals surface area (Å²) in [6, 6.07) is 16.1. The van der Waals surface area contributed by atoms with Crippen molar-refractivity contribution in [1.82, 2.24) is 19.8 Å². The predicted octanol–water partition coefficient (Wildman–Crippen LogP) is 0.734. The normalized spacial score (nSPS) is 15.4. The molecule has 0 atom stereocenters. The average Bonchev–Trinajstić information content (AvgIpc) is 2.79. The first-order chi connectivity index (χ1) is 14.9. The number of nitrogens with zero attached hydrogens (tertiary/aromatic N) is 2. The van der Waals surface area contributed by atoms with Crippen LogP contribution in [0.25, 0.3) is 0 Å². The van der Waals surface area contributed by atoms with Crippen LogP contribution in [0.15, 0.2) is 59.5 Å². The Morgan fingerprint density at radius 3 is 2.13 bits per heavy atom. The highest BCUT2D eigenvalue weighted by Crippen LogP contribution is 2.16. The van der Waals surface area contributed by atoms with E-state index >= 15 is 0 Å². The van der Waals surface area contributed by atoms with Crippen molar-refractivity contribution in [3.8, 4) is 0 Å². The molecule has 8 nitrogen and oxygen atoms in total. The molecule has 0 aliphatic carbocycles. The van der Waals surface area contributed by atoms with Crippen LogP contribution >= 0.6 is 0 Å². The third kappa shape index (κ3) is 6.36. The van der Waals surface area contributed by atoms with Crippen LogP contribution < -0.4 is 10.6 Å². The second-order valence-electron chi connectivity index (χ2n) is 7.48. The number of amides is 2. The Labute approximate surface area is 183 Å². The van der Waals surface area contributed by atoms with Crippen molar-refractivity contribution in [3.63, 3.8) is 0 Å². The Morgan fingerprint density at radius 1 is 0.871 bits per heavy atom. The van der Waals surface area contributed by atoms with Crippen LogP contribution in [-0.2, 0) is 26.2 Å². The topological polar surface area (TPSA) is 98.8 Å². The summed E-state index contributed by atoms with van der Waals surface area (Å²) in [6.07, 6.45) is 0. The van der Waals surface area contributed by atoms with Gasteiger partial charge < -0.3 is 10.6 Å². The van der Waals surface area contributed by atoms with Crippen LogP contribution in [0.2, 0.25) is 0 Å². The zero-order valence-electron chi connectivity index (χ0n) is 17.6. The lowest BCUT2D eigenvalue weighted by Gasteiger charge is -2.33. The Kier molecular flexibility index (Phi) is 7.78. The molecule has 1 aliphatic heterocycles. The number of rotatable bonds is 7. The maximum Gasteiger partial charge on any atom is 0.309 e. The highest BCUT2D eigenvalue weighted by atomic mass is 32.2. The summed E-state index contributed by atoms with van der Waals surface area (Å²) in [4.78, 5) is 26.3. The summed E-state index contributed by atoms with van der Waals surface area (Å²) in [6.45, 7) is 5.08. The fourth-order valence-corrected chi connectivity index (χ4v) is 4.75. The lowest BCUT2D eigenvalue weighted by molar-refractivity contribution is -0.139. The molecule has 2 aromatic carbocycles. The van der Waals surface area contributed by atoms with Crippen LogP contribution in [0.3, 0.4) is 0 Å². The van der Waals surface area contributed by atoms with Crippen molar-refractivity contribution >= 4 is 21.8 Å². The molecule has 0 saturated carbocycles. The van der Waals surface area contributed by atoms with Gasteiger partial charge in [0.05, 0.1) is 4.90 Å². The highest BCUT2D eigenvalue weighted by Gasteiger charge is 2.28. The van der Waals surface area contributed by atoms with Crippen molar-refractivity contribution in [2.24, 2.45) is 0 Å². The maximum absolute atomic E-state index is 12.7. The van der Waals surface area contributed by atoms with Crippen molar-refractivity contribution in [3.05, 3.63) is 65.7 Å². The van der Waals surface area contributed by atoms with Gasteiger partial charge in [-0.2, -0.15) is 4.31 Å². The fourth-order valence-electron chi connectivity index (χ4n) is 3.31. The van der Waals surface area contributed by atoms with E-state index in [1.165, 1.54) is 4.31 Å². The summed E-state index contributed by atoms with van der Waals surface area (Å²) < 4.78 is 26.8. The molecule has 1 fully saturated rings. The fraction of sp³-hybridized carbons (Fsp3) is 0.364. The lowest BCUT2D eigenvalue weighted by Crippen LogP contribution is -2.50. The van der Waals surface area contributed by atoms with Gasteiger partial charge in [0.1, 0.15) is 0 Å². The molecule has 31 heavy (non-hydrogen) atoms. The first-order valence-electron chi connectivity index (χ1n) is 10.3. The van der Waals surface area contributed by atoms with Crippen LogP contribution in [-0.4, -0.2) is 68.7 Å². The molecule has 1 saturated heterocycles. The molecular weight excluding hydrogens is 416 g/mol. The molecule has 0 aromatic heterocycles. The number of hydrogen-bond acceptors (Lipinski definition) is 5. The predicted molar refractivity (Wildman–Crippen MR) is 118 cm³/mol. The SMILES string of the molecule is Cc1ccc(CNC(=O)C(=O)NCCN2CCN(S(=O)(=O)c3ccccc3)CC2)cc1. The number of benzene rings is 2. The number of carbonyl (C=O) groups is 2. The number of piperazine rings is 1. The lowest BCUT2D eigenvalue weighted by atomic mass is 10.1. The van der Waals surface area contributed by atoms with Crippen LogP contribution in [0.1, 0.15) is 11.1 Å². The van der Waals surface area contributed by atoms with Crippen LogP contribution in [0, 0.1) is 6.92 Å². The van der Waals surface area contributed by atoms with Crippen molar-refractivity contribution < 1.29 is 18.0 Å². The van der Waals surface area contributed by atoms with Gasteiger partial charge in [0, 0.05) is 45.8 Å². The minimum atomic E-state index is -3.48. The summed E-state index contributed by atoms with van der Waals surface area (Å²) in [5.41, 5.74) is 2.06. The quantitative estimate of drug-likeness (QED) is 0.614. The van der Waals surface area contributed by atoms with Gasteiger partial charge in [0.15, 0.2) is 0 Å². The van der Waals surface area contributed by atoms with E-state index in [4.69, 9.17) is 0 Å². The second-order valence-corrected chi connectivity index (χ2v) is 9.42. The van der Waals surface area contributed by atoms with Gasteiger partial charge in [-0.1, -0.05) is 48.0 Å². The minimum Gasteiger partial charge on any atom is -0.347 e. The molecule has 2 aromatic rings. The monoisotopic (exact) mass is 444 g/mol. The van der Waals surface area contributed by atoms with Gasteiger partial charge in [-0.05, 0) is 24.6 Å². The molecule has 0 bridgehead atoms. The maximum atomic E-state index is 12.7. The van der Waals surface area contributed by atoms with E-state index in [2.05, 4.69) is 15.5 Å². The van der Waals surface area contributed by atoms with E-state index in [0.717, 1.165) is 11.1 Å². The second kappa shape index (κ2) is 10.5. The standard InChI is InChI=1S/C22H28N4O4S/c1-18-7-9-19(10-8-18)17-24-22(28)21(27)23-11-12-25-13-15-26(16-14-25)31(29,30)20-5-3-2-4-6-20/h2-10H,11-17H2,1H3,(H,23,27)(H,24,28). The van der Waals surface area contributed by atoms with E-state index in [1.807, 2.05) is 31.2 Å². The summed E-state index contributed by atoms with van der Waals surface area (Å²) in [5.74, 6) is -1.34. The molecule has 0 unspecified atom stereocenters. The molecule has 3 rings (SSSR count). The number of carbonyl (C=O) groups excluding carboxylic acids is 2. The van der Waals surface area contributed by atoms with Gasteiger partial charge in [-0.25, -0.2) is 8.42 Å². The summed E-state index contributed by atoms with van der Waals surface area (Å²) >= 11 is 0. The van der Waals surface area contributed by atoms with E-state index in [1.54, 1.807) is 30.3 Å². The van der Waals surface area contributed by atoms with Gasteiger partial charge in [0.2, 0.25) is 10.0 Å². The van der Waals surface area contributed by atoms with Crippen molar-refractivity contribution in [2.45, 2.75) is 18.4 Å². The number of nitrogens with one attached hydrogen (secondary N) is 2. The molecule has 2 amide bonds.